The summed E-state index contributed by atoms with van der Waals surface area (Å²) in [5, 5.41) is 3.48. The smallest absolute Gasteiger partial charge is 0.252 e. The predicted molar refractivity (Wildman–Crippen MR) is 90.8 cm³/mol. The van der Waals surface area contributed by atoms with Crippen molar-refractivity contribution in [1.29, 1.82) is 0 Å². The summed E-state index contributed by atoms with van der Waals surface area (Å²) in [6.45, 7) is 2.50. The lowest BCUT2D eigenvalue weighted by molar-refractivity contribution is 0.0945. The number of carbonyl (C=O) groups excluding carboxylic acids is 1. The Hall–Kier alpha value is -2.14. The van der Waals surface area contributed by atoms with E-state index in [0.717, 1.165) is 31.9 Å². The van der Waals surface area contributed by atoms with Crippen LogP contribution in [0.3, 0.4) is 0 Å². The van der Waals surface area contributed by atoms with Gasteiger partial charge in [-0.3, -0.25) is 4.79 Å². The number of aromatic nitrogens is 2. The number of amides is 1. The average Bonchev–Trinajstić information content (AvgIpc) is 2.61. The molecule has 2 aromatic rings. The zero-order chi connectivity index (χ0) is 16.1. The van der Waals surface area contributed by atoms with E-state index in [1.165, 1.54) is 0 Å². The van der Waals surface area contributed by atoms with Gasteiger partial charge in [0.25, 0.3) is 5.91 Å². The highest BCUT2D eigenvalue weighted by Crippen LogP contribution is 2.20. The van der Waals surface area contributed by atoms with Crippen molar-refractivity contribution in [2.75, 3.05) is 24.5 Å². The molecule has 5 nitrogen and oxygen atoms in total. The third-order valence-corrected chi connectivity index (χ3v) is 4.45. The minimum atomic E-state index is -0.107. The predicted octanol–water partition coefficient (Wildman–Crippen LogP) is 2.78. The van der Waals surface area contributed by atoms with E-state index in [1.807, 2.05) is 18.2 Å². The Morgan fingerprint density at radius 2 is 1.87 bits per heavy atom. The zero-order valence-electron chi connectivity index (χ0n) is 12.8. The van der Waals surface area contributed by atoms with Crippen LogP contribution in [-0.4, -0.2) is 35.5 Å². The van der Waals surface area contributed by atoms with Crippen molar-refractivity contribution in [3.8, 4) is 0 Å². The molecule has 0 bridgehead atoms. The van der Waals surface area contributed by atoms with Crippen molar-refractivity contribution in [3.63, 3.8) is 0 Å². The maximum atomic E-state index is 12.2. The lowest BCUT2D eigenvalue weighted by Crippen LogP contribution is -2.39. The van der Waals surface area contributed by atoms with Gasteiger partial charge in [-0.05, 0) is 37.0 Å². The standard InChI is InChI=1S/C17H19ClN4O/c18-15-5-2-1-4-14(15)16(23)21-12-13-6-10-22(11-7-13)17-19-8-3-9-20-17/h1-5,8-9,13H,6-7,10-12H2,(H,21,23). The van der Waals surface area contributed by atoms with E-state index >= 15 is 0 Å². The Bertz CT molecular complexity index is 657. The highest BCUT2D eigenvalue weighted by atomic mass is 35.5. The summed E-state index contributed by atoms with van der Waals surface area (Å²) >= 11 is 6.05. The molecule has 6 heteroatoms. The minimum absolute atomic E-state index is 0.107. The number of piperidine rings is 1. The van der Waals surface area contributed by atoms with Gasteiger partial charge >= 0.3 is 0 Å². The van der Waals surface area contributed by atoms with E-state index < -0.39 is 0 Å². The first kappa shape index (κ1) is 15.7. The number of nitrogens with one attached hydrogen (secondary N) is 1. The van der Waals surface area contributed by atoms with Crippen molar-refractivity contribution in [3.05, 3.63) is 53.3 Å². The number of rotatable bonds is 4. The van der Waals surface area contributed by atoms with Gasteiger partial charge in [-0.1, -0.05) is 23.7 Å². The number of halogens is 1. The molecule has 1 aliphatic heterocycles. The van der Waals surface area contributed by atoms with Crippen LogP contribution in [0.2, 0.25) is 5.02 Å². The first-order chi connectivity index (χ1) is 11.2. The van der Waals surface area contributed by atoms with Crippen molar-refractivity contribution in [1.82, 2.24) is 15.3 Å². The summed E-state index contributed by atoms with van der Waals surface area (Å²) in [6, 6.07) is 8.93. The number of nitrogens with zero attached hydrogens (tertiary/aromatic N) is 3. The Morgan fingerprint density at radius 3 is 2.57 bits per heavy atom. The second kappa shape index (κ2) is 7.42. The van der Waals surface area contributed by atoms with Gasteiger partial charge < -0.3 is 10.2 Å². The molecule has 0 unspecified atom stereocenters. The molecule has 0 saturated carbocycles. The van der Waals surface area contributed by atoms with Crippen LogP contribution in [0.1, 0.15) is 23.2 Å². The first-order valence-corrected chi connectivity index (χ1v) is 8.16. The van der Waals surface area contributed by atoms with Gasteiger partial charge in [0.2, 0.25) is 5.95 Å². The van der Waals surface area contributed by atoms with Gasteiger partial charge in [0.05, 0.1) is 10.6 Å². The minimum Gasteiger partial charge on any atom is -0.352 e. The van der Waals surface area contributed by atoms with Crippen molar-refractivity contribution in [2.24, 2.45) is 5.92 Å². The fourth-order valence-corrected chi connectivity index (χ4v) is 2.99. The molecule has 1 amide bonds. The summed E-state index contributed by atoms with van der Waals surface area (Å²) in [5.74, 6) is 1.15. The van der Waals surface area contributed by atoms with Crippen LogP contribution in [0, 0.1) is 5.92 Å². The van der Waals surface area contributed by atoms with Gasteiger partial charge in [-0.2, -0.15) is 0 Å². The van der Waals surface area contributed by atoms with E-state index in [4.69, 9.17) is 11.6 Å². The molecule has 3 rings (SSSR count). The molecule has 23 heavy (non-hydrogen) atoms. The average molecular weight is 331 g/mol. The topological polar surface area (TPSA) is 58.1 Å². The molecule has 1 saturated heterocycles. The molecule has 1 N–H and O–H groups in total. The van der Waals surface area contributed by atoms with Crippen LogP contribution >= 0.6 is 11.6 Å². The fraction of sp³-hybridized carbons (Fsp3) is 0.353. The number of benzene rings is 1. The van der Waals surface area contributed by atoms with Crippen LogP contribution < -0.4 is 10.2 Å². The van der Waals surface area contributed by atoms with Crippen LogP contribution in [0.25, 0.3) is 0 Å². The molecular formula is C17H19ClN4O. The SMILES string of the molecule is O=C(NCC1CCN(c2ncccn2)CC1)c1ccccc1Cl. The molecule has 2 heterocycles. The zero-order valence-corrected chi connectivity index (χ0v) is 13.5. The van der Waals surface area contributed by atoms with E-state index in [-0.39, 0.29) is 5.91 Å². The van der Waals surface area contributed by atoms with Gasteiger partial charge in [0.1, 0.15) is 0 Å². The maximum absolute atomic E-state index is 12.2. The monoisotopic (exact) mass is 330 g/mol. The molecule has 1 aromatic heterocycles. The Morgan fingerprint density at radius 1 is 1.17 bits per heavy atom. The van der Waals surface area contributed by atoms with Crippen molar-refractivity contribution >= 4 is 23.5 Å². The van der Waals surface area contributed by atoms with Crippen molar-refractivity contribution in [2.45, 2.75) is 12.8 Å². The summed E-state index contributed by atoms with van der Waals surface area (Å²) in [5.41, 5.74) is 0.532. The lowest BCUT2D eigenvalue weighted by Gasteiger charge is -2.31. The van der Waals surface area contributed by atoms with Gasteiger partial charge in [0, 0.05) is 32.0 Å². The van der Waals surface area contributed by atoms with Crippen LogP contribution in [-0.2, 0) is 0 Å². The van der Waals surface area contributed by atoms with Crippen molar-refractivity contribution < 1.29 is 4.79 Å². The summed E-state index contributed by atoms with van der Waals surface area (Å²) in [6.07, 6.45) is 5.55. The summed E-state index contributed by atoms with van der Waals surface area (Å²) < 4.78 is 0. The number of hydrogen-bond acceptors (Lipinski definition) is 4. The highest BCUT2D eigenvalue weighted by Gasteiger charge is 2.21. The largest absolute Gasteiger partial charge is 0.352 e. The first-order valence-electron chi connectivity index (χ1n) is 7.79. The second-order valence-corrected chi connectivity index (χ2v) is 6.08. The molecule has 0 atom stereocenters. The Kier molecular flexibility index (Phi) is 5.08. The Balaban J connectivity index is 1.48. The van der Waals surface area contributed by atoms with E-state index in [0.29, 0.717) is 23.0 Å². The molecule has 1 aromatic carbocycles. The van der Waals surface area contributed by atoms with Crippen LogP contribution in [0.5, 0.6) is 0 Å². The summed E-state index contributed by atoms with van der Waals surface area (Å²) in [7, 11) is 0. The molecular weight excluding hydrogens is 312 g/mol. The molecule has 1 fully saturated rings. The lowest BCUT2D eigenvalue weighted by atomic mass is 9.97. The van der Waals surface area contributed by atoms with Gasteiger partial charge in [-0.15, -0.1) is 0 Å². The number of hydrogen-bond donors (Lipinski definition) is 1. The fourth-order valence-electron chi connectivity index (χ4n) is 2.77. The van der Waals surface area contributed by atoms with E-state index in [2.05, 4.69) is 20.2 Å². The van der Waals surface area contributed by atoms with Gasteiger partial charge in [-0.25, -0.2) is 9.97 Å². The van der Waals surface area contributed by atoms with E-state index in [1.54, 1.807) is 24.5 Å². The molecule has 1 aliphatic rings. The Labute approximate surface area is 140 Å². The van der Waals surface area contributed by atoms with E-state index in [9.17, 15) is 4.79 Å². The number of carbonyl (C=O) groups is 1. The van der Waals surface area contributed by atoms with Crippen LogP contribution in [0.15, 0.2) is 42.7 Å². The quantitative estimate of drug-likeness (QED) is 0.936. The summed E-state index contributed by atoms with van der Waals surface area (Å²) in [4.78, 5) is 22.9. The second-order valence-electron chi connectivity index (χ2n) is 5.67. The molecule has 120 valence electrons. The maximum Gasteiger partial charge on any atom is 0.252 e. The van der Waals surface area contributed by atoms with Gasteiger partial charge in [0.15, 0.2) is 0 Å². The number of anilines is 1. The molecule has 0 radical (unpaired) electrons. The molecule has 0 spiro atoms. The normalized spacial score (nSPS) is 15.4. The molecule has 0 aliphatic carbocycles. The van der Waals surface area contributed by atoms with Crippen LogP contribution in [0.4, 0.5) is 5.95 Å². The third kappa shape index (κ3) is 3.99. The third-order valence-electron chi connectivity index (χ3n) is 4.12. The highest BCUT2D eigenvalue weighted by molar-refractivity contribution is 6.33.